The lowest BCUT2D eigenvalue weighted by Crippen LogP contribution is -2.49. The van der Waals surface area contributed by atoms with Crippen LogP contribution in [0.3, 0.4) is 0 Å². The minimum absolute atomic E-state index is 0.289. The Labute approximate surface area is 175 Å². The van der Waals surface area contributed by atoms with Gasteiger partial charge in [0.05, 0.1) is 11.4 Å². The average molecular weight is 390 g/mol. The predicted octanol–water partition coefficient (Wildman–Crippen LogP) is 6.10. The predicted molar refractivity (Wildman–Crippen MR) is 119 cm³/mol. The van der Waals surface area contributed by atoms with Gasteiger partial charge in [0.1, 0.15) is 6.17 Å². The number of hydrogen-bond donors (Lipinski definition) is 0. The van der Waals surface area contributed by atoms with Crippen LogP contribution in [0.1, 0.15) is 43.0 Å². The molecule has 1 atom stereocenters. The van der Waals surface area contributed by atoms with Gasteiger partial charge in [-0.25, -0.2) is 9.97 Å². The summed E-state index contributed by atoms with van der Waals surface area (Å²) in [4.78, 5) is 13.3. The number of fused-ring (bicyclic) bond motifs is 4. The zero-order valence-electron chi connectivity index (χ0n) is 20.3. The highest BCUT2D eigenvalue weighted by atomic mass is 16.3. The van der Waals surface area contributed by atoms with Gasteiger partial charge in [-0.15, -0.1) is 0 Å². The van der Waals surface area contributed by atoms with Crippen molar-refractivity contribution in [2.75, 3.05) is 9.80 Å². The molecular formula is C24H26N4O. The van der Waals surface area contributed by atoms with Crippen molar-refractivity contribution in [2.45, 2.75) is 53.2 Å². The van der Waals surface area contributed by atoms with Crippen LogP contribution in [-0.2, 0) is 0 Å². The van der Waals surface area contributed by atoms with E-state index >= 15 is 0 Å². The third-order valence-corrected chi connectivity index (χ3v) is 5.67. The number of furan rings is 1. The average Bonchev–Trinajstić information content (AvgIpc) is 3.21. The fraction of sp³-hybridized carbons (Fsp3) is 0.333. The molecule has 5 heteroatoms. The molecule has 148 valence electrons. The van der Waals surface area contributed by atoms with Crippen molar-refractivity contribution < 1.29 is 8.53 Å². The van der Waals surface area contributed by atoms with Gasteiger partial charge in [-0.3, -0.25) is 0 Å². The fourth-order valence-electron chi connectivity index (χ4n) is 4.51. The van der Waals surface area contributed by atoms with Crippen LogP contribution in [-0.4, -0.2) is 21.7 Å². The molecule has 1 unspecified atom stereocenters. The Bertz CT molecular complexity index is 1360. The van der Waals surface area contributed by atoms with Gasteiger partial charge in [0.25, 0.3) is 0 Å². The van der Waals surface area contributed by atoms with E-state index in [0.29, 0.717) is 5.71 Å². The number of aromatic nitrogens is 2. The fourth-order valence-corrected chi connectivity index (χ4v) is 4.51. The van der Waals surface area contributed by atoms with Crippen molar-refractivity contribution in [1.29, 1.82) is 0 Å². The van der Waals surface area contributed by atoms with Gasteiger partial charge in [0.2, 0.25) is 5.71 Å². The zero-order valence-corrected chi connectivity index (χ0v) is 17.3. The molecule has 4 heterocycles. The van der Waals surface area contributed by atoms with Gasteiger partial charge in [0, 0.05) is 32.3 Å². The van der Waals surface area contributed by atoms with Crippen LogP contribution in [0.25, 0.3) is 22.1 Å². The van der Waals surface area contributed by atoms with E-state index in [2.05, 4.69) is 27.0 Å². The monoisotopic (exact) mass is 389 g/mol. The van der Waals surface area contributed by atoms with Crippen LogP contribution in [0.2, 0.25) is 0 Å². The Balaban J connectivity index is 1.79. The molecule has 0 radical (unpaired) electrons. The van der Waals surface area contributed by atoms with Crippen molar-refractivity contribution in [1.82, 2.24) is 9.97 Å². The van der Waals surface area contributed by atoms with E-state index in [4.69, 9.17) is 8.53 Å². The van der Waals surface area contributed by atoms with Crippen molar-refractivity contribution >= 4 is 39.3 Å². The SMILES string of the molecule is [2H]C([2H])([2H])C(C)(C)N1c2cccnc2N(c2c(C)ccc3c2oc2nc(C)ccc23)C1C. The summed E-state index contributed by atoms with van der Waals surface area (Å²) in [6.07, 6.45) is 1.45. The van der Waals surface area contributed by atoms with Gasteiger partial charge >= 0.3 is 0 Å². The summed E-state index contributed by atoms with van der Waals surface area (Å²) in [5.74, 6) is 0.720. The topological polar surface area (TPSA) is 45.4 Å². The smallest absolute Gasteiger partial charge is 0.227 e. The number of benzene rings is 1. The summed E-state index contributed by atoms with van der Waals surface area (Å²) in [5, 5.41) is 1.94. The molecule has 1 aliphatic rings. The first kappa shape index (κ1) is 14.9. The Hall–Kier alpha value is -3.08. The standard InChI is InChI=1S/C24H26N4O/c1-14-9-11-17-18-12-10-15(2)26-23(18)29-21(17)20(14)27-16(3)28(24(4,5)6)19-8-7-13-25-22(19)27/h7-13,16H,1-6H3/i4D3. The van der Waals surface area contributed by atoms with Crippen LogP contribution in [0.4, 0.5) is 17.2 Å². The van der Waals surface area contributed by atoms with E-state index in [1.165, 1.54) is 0 Å². The first-order chi connectivity index (χ1) is 15.0. The van der Waals surface area contributed by atoms with Crippen LogP contribution in [0.15, 0.2) is 47.0 Å². The van der Waals surface area contributed by atoms with Gasteiger partial charge in [-0.1, -0.05) is 12.1 Å². The number of anilines is 3. The molecule has 0 amide bonds. The number of rotatable bonds is 1. The highest BCUT2D eigenvalue weighted by Gasteiger charge is 2.41. The molecular weight excluding hydrogens is 360 g/mol. The first-order valence-corrected chi connectivity index (χ1v) is 9.85. The molecule has 0 fully saturated rings. The lowest BCUT2D eigenvalue weighted by atomic mass is 10.0. The lowest BCUT2D eigenvalue weighted by molar-refractivity contribution is 0.468. The Morgan fingerprint density at radius 2 is 1.90 bits per heavy atom. The maximum atomic E-state index is 8.19. The summed E-state index contributed by atoms with van der Waals surface area (Å²) < 4.78 is 30.9. The zero-order chi connectivity index (χ0) is 23.0. The molecule has 0 saturated heterocycles. The molecule has 4 aromatic rings. The normalized spacial score (nSPS) is 18.8. The van der Waals surface area contributed by atoms with Crippen LogP contribution >= 0.6 is 0 Å². The number of hydrogen-bond acceptors (Lipinski definition) is 5. The summed E-state index contributed by atoms with van der Waals surface area (Å²) in [7, 11) is 0. The third kappa shape index (κ3) is 2.53. The highest BCUT2D eigenvalue weighted by Crippen LogP contribution is 2.49. The van der Waals surface area contributed by atoms with E-state index < -0.39 is 12.4 Å². The van der Waals surface area contributed by atoms with Crippen molar-refractivity contribution in [3.8, 4) is 0 Å². The van der Waals surface area contributed by atoms with Crippen LogP contribution < -0.4 is 9.80 Å². The first-order valence-electron chi connectivity index (χ1n) is 11.4. The largest absolute Gasteiger partial charge is 0.435 e. The molecule has 0 aliphatic carbocycles. The molecule has 3 aromatic heterocycles. The second kappa shape index (κ2) is 5.96. The maximum Gasteiger partial charge on any atom is 0.227 e. The van der Waals surface area contributed by atoms with Crippen molar-refractivity contribution in [2.24, 2.45) is 0 Å². The number of aryl methyl sites for hydroxylation is 2. The number of pyridine rings is 2. The quantitative estimate of drug-likeness (QED) is 0.394. The molecule has 1 aliphatic heterocycles. The molecule has 5 nitrogen and oxygen atoms in total. The van der Waals surface area contributed by atoms with Crippen molar-refractivity contribution in [3.63, 3.8) is 0 Å². The molecule has 5 rings (SSSR count). The molecule has 29 heavy (non-hydrogen) atoms. The van der Waals surface area contributed by atoms with E-state index in [0.717, 1.165) is 44.8 Å². The van der Waals surface area contributed by atoms with Crippen LogP contribution in [0, 0.1) is 13.8 Å². The summed E-state index contributed by atoms with van der Waals surface area (Å²) >= 11 is 0. The molecule has 0 N–H and O–H groups in total. The van der Waals surface area contributed by atoms with Gasteiger partial charge in [-0.2, -0.15) is 0 Å². The Morgan fingerprint density at radius 1 is 1.10 bits per heavy atom. The Kier molecular flexibility index (Phi) is 3.05. The summed E-state index contributed by atoms with van der Waals surface area (Å²) in [6, 6.07) is 11.9. The van der Waals surface area contributed by atoms with Gasteiger partial charge in [0.15, 0.2) is 11.4 Å². The molecule has 0 spiro atoms. The Morgan fingerprint density at radius 3 is 2.69 bits per heavy atom. The third-order valence-electron chi connectivity index (χ3n) is 5.67. The minimum Gasteiger partial charge on any atom is -0.435 e. The highest BCUT2D eigenvalue weighted by molar-refractivity contribution is 6.09. The number of nitrogens with zero attached hydrogens (tertiary/aromatic N) is 4. The van der Waals surface area contributed by atoms with E-state index in [1.807, 2.05) is 49.9 Å². The second-order valence-corrected chi connectivity index (χ2v) is 8.29. The van der Waals surface area contributed by atoms with Gasteiger partial charge in [-0.05, 0) is 71.3 Å². The lowest BCUT2D eigenvalue weighted by Gasteiger charge is -2.39. The summed E-state index contributed by atoms with van der Waals surface area (Å²) in [6.45, 7) is 7.32. The second-order valence-electron chi connectivity index (χ2n) is 8.29. The van der Waals surface area contributed by atoms with E-state index in [1.54, 1.807) is 20.0 Å². The van der Waals surface area contributed by atoms with E-state index in [-0.39, 0.29) is 6.17 Å². The van der Waals surface area contributed by atoms with Crippen molar-refractivity contribution in [3.05, 3.63) is 53.9 Å². The summed E-state index contributed by atoms with van der Waals surface area (Å²) in [5.41, 5.74) is 3.81. The minimum atomic E-state index is -2.19. The molecule has 0 saturated carbocycles. The maximum absolute atomic E-state index is 8.19. The van der Waals surface area contributed by atoms with Gasteiger partial charge < -0.3 is 14.2 Å². The molecule has 0 bridgehead atoms. The van der Waals surface area contributed by atoms with Crippen LogP contribution in [0.5, 0.6) is 0 Å². The molecule has 1 aromatic carbocycles. The van der Waals surface area contributed by atoms with E-state index in [9.17, 15) is 0 Å².